The van der Waals surface area contributed by atoms with Crippen molar-refractivity contribution in [3.63, 3.8) is 0 Å². The molecule has 2 aliphatic heterocycles. The lowest BCUT2D eigenvalue weighted by molar-refractivity contribution is -0.0389. The van der Waals surface area contributed by atoms with Crippen molar-refractivity contribution in [3.05, 3.63) is 41.5 Å². The molecule has 1 aromatic rings. The standard InChI is InChI=1S/C19H24O2/c1-11(2)13-9-15-12(3)20-18-14-7-5-6-8-16(14)21-17(10-13)19(15,18)4/h5-8,10-12,15,17-18H,9H2,1-4H3. The Morgan fingerprint density at radius 1 is 1.24 bits per heavy atom. The third kappa shape index (κ3) is 1.69. The first kappa shape index (κ1) is 13.4. The maximum Gasteiger partial charge on any atom is 0.126 e. The lowest BCUT2D eigenvalue weighted by atomic mass is 9.60. The van der Waals surface area contributed by atoms with Gasteiger partial charge in [-0.3, -0.25) is 0 Å². The van der Waals surface area contributed by atoms with Crippen LogP contribution in [0.5, 0.6) is 5.75 Å². The van der Waals surface area contributed by atoms with E-state index in [9.17, 15) is 0 Å². The summed E-state index contributed by atoms with van der Waals surface area (Å²) in [4.78, 5) is 0. The van der Waals surface area contributed by atoms with Crippen LogP contribution in [-0.2, 0) is 4.74 Å². The first-order chi connectivity index (χ1) is 10.0. The Kier molecular flexibility index (Phi) is 2.78. The Morgan fingerprint density at radius 3 is 2.76 bits per heavy atom. The third-order valence-electron chi connectivity index (χ3n) is 5.91. The van der Waals surface area contributed by atoms with Gasteiger partial charge >= 0.3 is 0 Å². The molecule has 0 aromatic heterocycles. The van der Waals surface area contributed by atoms with E-state index in [1.165, 1.54) is 11.1 Å². The van der Waals surface area contributed by atoms with Gasteiger partial charge in [-0.1, -0.05) is 44.5 Å². The highest BCUT2D eigenvalue weighted by Crippen LogP contribution is 2.62. The number of hydrogen-bond donors (Lipinski definition) is 0. The van der Waals surface area contributed by atoms with Gasteiger partial charge in [0.1, 0.15) is 11.9 Å². The molecule has 3 aliphatic rings. The molecule has 2 nitrogen and oxygen atoms in total. The molecule has 1 aromatic carbocycles. The summed E-state index contributed by atoms with van der Waals surface area (Å²) in [7, 11) is 0. The van der Waals surface area contributed by atoms with Gasteiger partial charge in [0.25, 0.3) is 0 Å². The molecular weight excluding hydrogens is 260 g/mol. The van der Waals surface area contributed by atoms with Gasteiger partial charge in [-0.25, -0.2) is 0 Å². The summed E-state index contributed by atoms with van der Waals surface area (Å²) >= 11 is 0. The molecule has 4 rings (SSSR count). The van der Waals surface area contributed by atoms with Crippen LogP contribution >= 0.6 is 0 Å². The normalized spacial score (nSPS) is 40.3. The van der Waals surface area contributed by atoms with Crippen LogP contribution in [0.2, 0.25) is 0 Å². The third-order valence-corrected chi connectivity index (χ3v) is 5.91. The van der Waals surface area contributed by atoms with Crippen LogP contribution in [0.3, 0.4) is 0 Å². The number of benzene rings is 1. The molecule has 2 heteroatoms. The number of fused-ring (bicyclic) bond motifs is 2. The van der Waals surface area contributed by atoms with E-state index in [1.54, 1.807) is 0 Å². The van der Waals surface area contributed by atoms with Crippen molar-refractivity contribution in [3.8, 4) is 5.75 Å². The maximum absolute atomic E-state index is 6.42. The quantitative estimate of drug-likeness (QED) is 0.706. The number of allylic oxidation sites excluding steroid dienone is 1. The van der Waals surface area contributed by atoms with Crippen LogP contribution in [0.15, 0.2) is 35.9 Å². The number of ether oxygens (including phenoxy) is 2. The molecule has 0 saturated carbocycles. The monoisotopic (exact) mass is 284 g/mol. The molecule has 1 saturated heterocycles. The average molecular weight is 284 g/mol. The van der Waals surface area contributed by atoms with Crippen molar-refractivity contribution in [2.45, 2.75) is 52.4 Å². The Morgan fingerprint density at radius 2 is 2.00 bits per heavy atom. The predicted octanol–water partition coefficient (Wildman–Crippen LogP) is 4.52. The molecule has 21 heavy (non-hydrogen) atoms. The van der Waals surface area contributed by atoms with Gasteiger partial charge in [0.15, 0.2) is 0 Å². The van der Waals surface area contributed by atoms with E-state index in [0.717, 1.165) is 12.2 Å². The van der Waals surface area contributed by atoms with Crippen molar-refractivity contribution in [2.75, 3.05) is 0 Å². The van der Waals surface area contributed by atoms with Crippen molar-refractivity contribution in [2.24, 2.45) is 17.3 Å². The topological polar surface area (TPSA) is 18.5 Å². The van der Waals surface area contributed by atoms with E-state index in [2.05, 4.69) is 52.0 Å². The van der Waals surface area contributed by atoms with Crippen molar-refractivity contribution in [1.29, 1.82) is 0 Å². The van der Waals surface area contributed by atoms with E-state index in [4.69, 9.17) is 9.47 Å². The lowest BCUT2D eigenvalue weighted by Gasteiger charge is -2.48. The summed E-state index contributed by atoms with van der Waals surface area (Å²) in [6.07, 6.45) is 4.12. The lowest BCUT2D eigenvalue weighted by Crippen LogP contribution is -2.49. The van der Waals surface area contributed by atoms with Gasteiger partial charge in [0, 0.05) is 16.9 Å². The highest BCUT2D eigenvalue weighted by molar-refractivity contribution is 5.42. The molecular formula is C19H24O2. The second-order valence-electron chi connectivity index (χ2n) is 7.37. The fraction of sp³-hybridized carbons (Fsp3) is 0.579. The van der Waals surface area contributed by atoms with Gasteiger partial charge in [0.2, 0.25) is 0 Å². The summed E-state index contributed by atoms with van der Waals surface area (Å²) in [5.74, 6) is 2.13. The summed E-state index contributed by atoms with van der Waals surface area (Å²) < 4.78 is 12.8. The van der Waals surface area contributed by atoms with Gasteiger partial charge < -0.3 is 9.47 Å². The molecule has 5 unspecified atom stereocenters. The number of para-hydroxylation sites is 1. The van der Waals surface area contributed by atoms with Crippen LogP contribution in [0, 0.1) is 17.3 Å². The van der Waals surface area contributed by atoms with E-state index in [1.807, 2.05) is 6.07 Å². The zero-order chi connectivity index (χ0) is 14.8. The zero-order valence-corrected chi connectivity index (χ0v) is 13.3. The Bertz CT molecular complexity index is 603. The molecule has 5 atom stereocenters. The van der Waals surface area contributed by atoms with Crippen LogP contribution in [0.4, 0.5) is 0 Å². The number of hydrogen-bond acceptors (Lipinski definition) is 2. The molecule has 0 amide bonds. The first-order valence-electron chi connectivity index (χ1n) is 8.13. The largest absolute Gasteiger partial charge is 0.485 e. The SMILES string of the molecule is CC(C)C1=CC2Oc3ccccc3C3OC(C)C(C1)C23C. The second-order valence-corrected chi connectivity index (χ2v) is 7.37. The summed E-state index contributed by atoms with van der Waals surface area (Å²) in [5.41, 5.74) is 2.82. The van der Waals surface area contributed by atoms with Crippen molar-refractivity contribution in [1.82, 2.24) is 0 Å². The fourth-order valence-electron chi connectivity index (χ4n) is 4.54. The van der Waals surface area contributed by atoms with Crippen LogP contribution < -0.4 is 4.74 Å². The molecule has 2 heterocycles. The fourth-order valence-corrected chi connectivity index (χ4v) is 4.54. The predicted molar refractivity (Wildman–Crippen MR) is 83.3 cm³/mol. The maximum atomic E-state index is 6.42. The molecule has 0 spiro atoms. The minimum atomic E-state index is 0.0617. The van der Waals surface area contributed by atoms with E-state index in [-0.39, 0.29) is 17.6 Å². The Balaban J connectivity index is 1.87. The summed E-state index contributed by atoms with van der Waals surface area (Å²) in [6, 6.07) is 8.38. The average Bonchev–Trinajstić information content (AvgIpc) is 2.72. The van der Waals surface area contributed by atoms with Crippen molar-refractivity contribution < 1.29 is 9.47 Å². The first-order valence-corrected chi connectivity index (χ1v) is 8.13. The Labute approximate surface area is 127 Å². The van der Waals surface area contributed by atoms with Gasteiger partial charge in [-0.05, 0) is 31.4 Å². The smallest absolute Gasteiger partial charge is 0.126 e. The van der Waals surface area contributed by atoms with E-state index >= 15 is 0 Å². The number of rotatable bonds is 1. The molecule has 0 radical (unpaired) electrons. The molecule has 0 bridgehead atoms. The minimum absolute atomic E-state index is 0.0617. The van der Waals surface area contributed by atoms with Gasteiger partial charge in [-0.15, -0.1) is 0 Å². The van der Waals surface area contributed by atoms with Gasteiger partial charge in [0.05, 0.1) is 12.2 Å². The zero-order valence-electron chi connectivity index (χ0n) is 13.3. The second kappa shape index (κ2) is 4.36. The van der Waals surface area contributed by atoms with Crippen LogP contribution in [-0.4, -0.2) is 12.2 Å². The molecule has 112 valence electrons. The minimum Gasteiger partial charge on any atom is -0.485 e. The molecule has 1 aliphatic carbocycles. The Hall–Kier alpha value is -1.28. The van der Waals surface area contributed by atoms with Crippen LogP contribution in [0.25, 0.3) is 0 Å². The summed E-state index contributed by atoms with van der Waals surface area (Å²) in [5, 5.41) is 0. The highest BCUT2D eigenvalue weighted by atomic mass is 16.5. The molecule has 1 fully saturated rings. The van der Waals surface area contributed by atoms with E-state index in [0.29, 0.717) is 17.9 Å². The summed E-state index contributed by atoms with van der Waals surface area (Å²) in [6.45, 7) is 9.16. The highest BCUT2D eigenvalue weighted by Gasteiger charge is 2.61. The van der Waals surface area contributed by atoms with Gasteiger partial charge in [-0.2, -0.15) is 0 Å². The molecule has 0 N–H and O–H groups in total. The van der Waals surface area contributed by atoms with E-state index < -0.39 is 0 Å². The van der Waals surface area contributed by atoms with Crippen molar-refractivity contribution >= 4 is 0 Å². The van der Waals surface area contributed by atoms with Crippen LogP contribution in [0.1, 0.15) is 45.8 Å².